The normalized spacial score (nSPS) is 14.6. The summed E-state index contributed by atoms with van der Waals surface area (Å²) in [6.45, 7) is 3.55. The Kier molecular flexibility index (Phi) is 3.05. The maximum absolute atomic E-state index is 11.9. The Morgan fingerprint density at radius 1 is 1.30 bits per heavy atom. The van der Waals surface area contributed by atoms with Crippen molar-refractivity contribution in [3.63, 3.8) is 0 Å². The lowest BCUT2D eigenvalue weighted by molar-refractivity contribution is 0.0285. The molecule has 0 amide bonds. The Labute approximate surface area is 117 Å². The molecule has 0 bridgehead atoms. The van der Waals surface area contributed by atoms with Gasteiger partial charge in [0.15, 0.2) is 0 Å². The molecule has 0 saturated heterocycles. The SMILES string of the molecule is CC(C)(O)COc1ccc2c3c(c(=O)oc2c1)CCC3. The fourth-order valence-electron chi connectivity index (χ4n) is 2.61. The summed E-state index contributed by atoms with van der Waals surface area (Å²) in [6.07, 6.45) is 2.75. The van der Waals surface area contributed by atoms with Crippen molar-refractivity contribution in [2.24, 2.45) is 0 Å². The van der Waals surface area contributed by atoms with Crippen molar-refractivity contribution in [3.8, 4) is 5.75 Å². The summed E-state index contributed by atoms with van der Waals surface area (Å²) in [5.74, 6) is 0.598. The third-order valence-electron chi connectivity index (χ3n) is 3.54. The van der Waals surface area contributed by atoms with Gasteiger partial charge in [0.1, 0.15) is 17.9 Å². The molecule has 1 N–H and O–H groups in total. The first-order chi connectivity index (χ1) is 9.44. The van der Waals surface area contributed by atoms with Crippen molar-refractivity contribution in [2.75, 3.05) is 6.61 Å². The van der Waals surface area contributed by atoms with E-state index in [0.29, 0.717) is 11.3 Å². The maximum Gasteiger partial charge on any atom is 0.339 e. The minimum Gasteiger partial charge on any atom is -0.490 e. The molecule has 1 aromatic carbocycles. The van der Waals surface area contributed by atoms with E-state index in [1.54, 1.807) is 19.9 Å². The summed E-state index contributed by atoms with van der Waals surface area (Å²) in [5, 5.41) is 10.7. The number of rotatable bonds is 3. The predicted octanol–water partition coefficient (Wildman–Crippen LogP) is 2.43. The zero-order chi connectivity index (χ0) is 14.3. The molecule has 1 heterocycles. The quantitative estimate of drug-likeness (QED) is 0.873. The van der Waals surface area contributed by atoms with Crippen LogP contribution in [0.15, 0.2) is 27.4 Å². The molecule has 4 nitrogen and oxygen atoms in total. The van der Waals surface area contributed by atoms with Crippen LogP contribution in [-0.2, 0) is 12.8 Å². The molecule has 0 radical (unpaired) electrons. The largest absolute Gasteiger partial charge is 0.490 e. The Hall–Kier alpha value is -1.81. The minimum atomic E-state index is -0.895. The number of ether oxygens (including phenoxy) is 1. The van der Waals surface area contributed by atoms with Gasteiger partial charge in [0.25, 0.3) is 0 Å². The molecule has 20 heavy (non-hydrogen) atoms. The summed E-state index contributed by atoms with van der Waals surface area (Å²) >= 11 is 0. The van der Waals surface area contributed by atoms with Gasteiger partial charge in [-0.05, 0) is 50.8 Å². The summed E-state index contributed by atoms with van der Waals surface area (Å²) in [5.41, 5.74) is 1.37. The number of hydrogen-bond donors (Lipinski definition) is 1. The average Bonchev–Trinajstić information content (AvgIpc) is 2.85. The zero-order valence-corrected chi connectivity index (χ0v) is 11.7. The number of benzene rings is 1. The Morgan fingerprint density at radius 2 is 2.05 bits per heavy atom. The van der Waals surface area contributed by atoms with Gasteiger partial charge in [-0.3, -0.25) is 0 Å². The van der Waals surface area contributed by atoms with Gasteiger partial charge >= 0.3 is 5.63 Å². The van der Waals surface area contributed by atoms with Crippen LogP contribution < -0.4 is 10.4 Å². The molecular formula is C16H18O4. The van der Waals surface area contributed by atoms with Crippen molar-refractivity contribution in [1.82, 2.24) is 0 Å². The van der Waals surface area contributed by atoms with E-state index in [9.17, 15) is 9.90 Å². The second-order valence-electron chi connectivity index (χ2n) is 5.96. The van der Waals surface area contributed by atoms with Gasteiger partial charge in [-0.25, -0.2) is 4.79 Å². The van der Waals surface area contributed by atoms with Crippen molar-refractivity contribution in [2.45, 2.75) is 38.7 Å². The first-order valence-corrected chi connectivity index (χ1v) is 6.88. The average molecular weight is 274 g/mol. The lowest BCUT2D eigenvalue weighted by Gasteiger charge is -2.17. The van der Waals surface area contributed by atoms with Gasteiger partial charge in [0, 0.05) is 17.0 Å². The van der Waals surface area contributed by atoms with Crippen molar-refractivity contribution in [3.05, 3.63) is 39.7 Å². The lowest BCUT2D eigenvalue weighted by atomic mass is 10.1. The van der Waals surface area contributed by atoms with Crippen molar-refractivity contribution < 1.29 is 14.3 Å². The van der Waals surface area contributed by atoms with E-state index in [1.807, 2.05) is 12.1 Å². The fraction of sp³-hybridized carbons (Fsp3) is 0.438. The number of hydrogen-bond acceptors (Lipinski definition) is 4. The van der Waals surface area contributed by atoms with E-state index in [1.165, 1.54) is 0 Å². The van der Waals surface area contributed by atoms with E-state index >= 15 is 0 Å². The molecule has 2 aromatic rings. The Bertz CT molecular complexity index is 707. The highest BCUT2D eigenvalue weighted by molar-refractivity contribution is 5.83. The molecule has 3 rings (SSSR count). The van der Waals surface area contributed by atoms with Crippen LogP contribution in [0.1, 0.15) is 31.4 Å². The van der Waals surface area contributed by atoms with E-state index in [0.717, 1.165) is 35.8 Å². The summed E-state index contributed by atoms with van der Waals surface area (Å²) in [6, 6.07) is 5.51. The standard InChI is InChI=1S/C16H18O4/c1-16(2,18)9-19-10-6-7-12-11-4-3-5-13(11)15(17)20-14(12)8-10/h6-8,18H,3-5,9H2,1-2H3. The predicted molar refractivity (Wildman–Crippen MR) is 76.3 cm³/mol. The fourth-order valence-corrected chi connectivity index (χ4v) is 2.61. The highest BCUT2D eigenvalue weighted by Gasteiger charge is 2.20. The maximum atomic E-state index is 11.9. The van der Waals surface area contributed by atoms with Crippen LogP contribution in [0.2, 0.25) is 0 Å². The highest BCUT2D eigenvalue weighted by atomic mass is 16.5. The van der Waals surface area contributed by atoms with Crippen LogP contribution in [0.4, 0.5) is 0 Å². The summed E-state index contributed by atoms with van der Waals surface area (Å²) in [7, 11) is 0. The van der Waals surface area contributed by atoms with Crippen LogP contribution >= 0.6 is 0 Å². The van der Waals surface area contributed by atoms with Crippen LogP contribution in [0.5, 0.6) is 5.75 Å². The summed E-state index contributed by atoms with van der Waals surface area (Å²) < 4.78 is 10.9. The van der Waals surface area contributed by atoms with Gasteiger partial charge in [-0.2, -0.15) is 0 Å². The lowest BCUT2D eigenvalue weighted by Crippen LogP contribution is -2.27. The molecule has 0 fully saturated rings. The molecule has 1 aromatic heterocycles. The third kappa shape index (κ3) is 2.43. The highest BCUT2D eigenvalue weighted by Crippen LogP contribution is 2.29. The number of aryl methyl sites for hydroxylation is 1. The van der Waals surface area contributed by atoms with E-state index < -0.39 is 5.60 Å². The number of fused-ring (bicyclic) bond motifs is 3. The Morgan fingerprint density at radius 3 is 2.80 bits per heavy atom. The van der Waals surface area contributed by atoms with Crippen molar-refractivity contribution >= 4 is 11.0 Å². The van der Waals surface area contributed by atoms with Gasteiger partial charge in [-0.1, -0.05) is 0 Å². The van der Waals surface area contributed by atoms with Crippen LogP contribution in [0, 0.1) is 0 Å². The Balaban J connectivity index is 2.00. The van der Waals surface area contributed by atoms with E-state index in [-0.39, 0.29) is 12.2 Å². The van der Waals surface area contributed by atoms with Gasteiger partial charge in [-0.15, -0.1) is 0 Å². The van der Waals surface area contributed by atoms with Gasteiger partial charge in [0.05, 0.1) is 5.60 Å². The molecule has 106 valence electrons. The molecule has 0 saturated carbocycles. The molecule has 0 atom stereocenters. The summed E-state index contributed by atoms with van der Waals surface area (Å²) in [4.78, 5) is 11.9. The topological polar surface area (TPSA) is 59.7 Å². The zero-order valence-electron chi connectivity index (χ0n) is 11.7. The first-order valence-electron chi connectivity index (χ1n) is 6.88. The molecule has 1 aliphatic carbocycles. The molecule has 0 unspecified atom stereocenters. The second kappa shape index (κ2) is 4.63. The first kappa shape index (κ1) is 13.2. The molecule has 0 aliphatic heterocycles. The minimum absolute atomic E-state index is 0.188. The van der Waals surface area contributed by atoms with Crippen LogP contribution in [-0.4, -0.2) is 17.3 Å². The van der Waals surface area contributed by atoms with Crippen molar-refractivity contribution in [1.29, 1.82) is 0 Å². The second-order valence-corrected chi connectivity index (χ2v) is 5.96. The third-order valence-corrected chi connectivity index (χ3v) is 3.54. The van der Waals surface area contributed by atoms with Gasteiger partial charge < -0.3 is 14.3 Å². The molecule has 0 spiro atoms. The van der Waals surface area contributed by atoms with Gasteiger partial charge in [0.2, 0.25) is 0 Å². The van der Waals surface area contributed by atoms with E-state index in [4.69, 9.17) is 9.15 Å². The van der Waals surface area contributed by atoms with E-state index in [2.05, 4.69) is 0 Å². The van der Waals surface area contributed by atoms with Crippen LogP contribution in [0.3, 0.4) is 0 Å². The smallest absolute Gasteiger partial charge is 0.339 e. The van der Waals surface area contributed by atoms with Crippen LogP contribution in [0.25, 0.3) is 11.0 Å². The molecule has 4 heteroatoms. The molecular weight excluding hydrogens is 256 g/mol. The monoisotopic (exact) mass is 274 g/mol. The number of aliphatic hydroxyl groups is 1. The molecule has 1 aliphatic rings.